The number of hydrogen-bond donors (Lipinski definition) is 1. The van der Waals surface area contributed by atoms with Crippen LogP contribution >= 0.6 is 22.6 Å². The van der Waals surface area contributed by atoms with Gasteiger partial charge in [-0.25, -0.2) is 8.42 Å². The summed E-state index contributed by atoms with van der Waals surface area (Å²) in [6, 6.07) is 5.46. The first-order chi connectivity index (χ1) is 9.83. The SMILES string of the molecule is Cc1c([N+](=O)[O-])cccc1S(=O)(=O)Nc1ccncc1I. The number of nitrogens with one attached hydrogen (secondary N) is 1. The lowest BCUT2D eigenvalue weighted by molar-refractivity contribution is -0.385. The van der Waals surface area contributed by atoms with Crippen molar-refractivity contribution in [2.45, 2.75) is 11.8 Å². The lowest BCUT2D eigenvalue weighted by Gasteiger charge is -2.11. The number of rotatable bonds is 4. The second-order valence-corrected chi connectivity index (χ2v) is 6.93. The van der Waals surface area contributed by atoms with Gasteiger partial charge in [-0.2, -0.15) is 0 Å². The van der Waals surface area contributed by atoms with Crippen LogP contribution in [-0.2, 0) is 10.0 Å². The van der Waals surface area contributed by atoms with Crippen molar-refractivity contribution in [2.75, 3.05) is 4.72 Å². The van der Waals surface area contributed by atoms with Gasteiger partial charge in [0, 0.05) is 24.0 Å². The first-order valence-electron chi connectivity index (χ1n) is 5.69. The summed E-state index contributed by atoms with van der Waals surface area (Å²) in [4.78, 5) is 14.0. The Morgan fingerprint density at radius 3 is 2.67 bits per heavy atom. The van der Waals surface area contributed by atoms with Gasteiger partial charge in [-0.15, -0.1) is 0 Å². The average Bonchev–Trinajstić information content (AvgIpc) is 2.41. The molecular formula is C12H10IN3O4S. The number of pyridine rings is 1. The molecule has 0 aliphatic heterocycles. The molecule has 0 saturated heterocycles. The molecular weight excluding hydrogens is 409 g/mol. The minimum atomic E-state index is -3.91. The molecule has 0 unspecified atom stereocenters. The summed E-state index contributed by atoms with van der Waals surface area (Å²) in [5, 5.41) is 10.9. The summed E-state index contributed by atoms with van der Waals surface area (Å²) < 4.78 is 27.8. The maximum atomic E-state index is 12.4. The lowest BCUT2D eigenvalue weighted by atomic mass is 10.2. The van der Waals surface area contributed by atoms with E-state index >= 15 is 0 Å². The fourth-order valence-electron chi connectivity index (χ4n) is 1.75. The van der Waals surface area contributed by atoms with Crippen molar-refractivity contribution in [3.05, 3.63) is 55.9 Å². The molecule has 110 valence electrons. The van der Waals surface area contributed by atoms with Gasteiger partial charge in [0.25, 0.3) is 15.7 Å². The second kappa shape index (κ2) is 5.93. The van der Waals surface area contributed by atoms with E-state index in [1.54, 1.807) is 0 Å². The molecule has 2 aromatic rings. The summed E-state index contributed by atoms with van der Waals surface area (Å²) in [7, 11) is -3.91. The van der Waals surface area contributed by atoms with Gasteiger partial charge >= 0.3 is 0 Å². The van der Waals surface area contributed by atoms with Gasteiger partial charge < -0.3 is 0 Å². The van der Waals surface area contributed by atoms with Crippen LogP contribution in [0.15, 0.2) is 41.6 Å². The first-order valence-corrected chi connectivity index (χ1v) is 8.25. The van der Waals surface area contributed by atoms with E-state index in [2.05, 4.69) is 9.71 Å². The van der Waals surface area contributed by atoms with Crippen molar-refractivity contribution in [3.8, 4) is 0 Å². The number of nitro benzene ring substituents is 1. The van der Waals surface area contributed by atoms with Crippen LogP contribution in [0, 0.1) is 20.6 Å². The van der Waals surface area contributed by atoms with Gasteiger partial charge in [0.15, 0.2) is 0 Å². The highest BCUT2D eigenvalue weighted by Crippen LogP contribution is 2.27. The molecule has 2 rings (SSSR count). The third-order valence-corrected chi connectivity index (χ3v) is 5.13. The molecule has 0 atom stereocenters. The van der Waals surface area contributed by atoms with Crippen LogP contribution < -0.4 is 4.72 Å². The van der Waals surface area contributed by atoms with Gasteiger partial charge in [0.05, 0.1) is 19.1 Å². The Morgan fingerprint density at radius 1 is 1.33 bits per heavy atom. The molecule has 0 radical (unpaired) electrons. The Bertz CT molecular complexity index is 808. The summed E-state index contributed by atoms with van der Waals surface area (Å²) in [5.74, 6) is 0. The number of anilines is 1. The number of hydrogen-bond acceptors (Lipinski definition) is 5. The zero-order chi connectivity index (χ0) is 15.6. The first kappa shape index (κ1) is 15.6. The maximum Gasteiger partial charge on any atom is 0.273 e. The zero-order valence-corrected chi connectivity index (χ0v) is 13.8. The molecule has 9 heteroatoms. The molecule has 0 aliphatic rings. The van der Waals surface area contributed by atoms with Crippen molar-refractivity contribution in [1.82, 2.24) is 4.98 Å². The van der Waals surface area contributed by atoms with Crippen LogP contribution in [0.3, 0.4) is 0 Å². The van der Waals surface area contributed by atoms with Crippen molar-refractivity contribution >= 4 is 44.0 Å². The third-order valence-electron chi connectivity index (χ3n) is 2.76. The van der Waals surface area contributed by atoms with Crippen molar-refractivity contribution in [3.63, 3.8) is 0 Å². The van der Waals surface area contributed by atoms with Gasteiger partial charge in [-0.1, -0.05) is 6.07 Å². The fraction of sp³-hybridized carbons (Fsp3) is 0.0833. The third kappa shape index (κ3) is 3.29. The van der Waals surface area contributed by atoms with Crippen molar-refractivity contribution < 1.29 is 13.3 Å². The Labute approximate surface area is 134 Å². The molecule has 7 nitrogen and oxygen atoms in total. The van der Waals surface area contributed by atoms with E-state index in [9.17, 15) is 18.5 Å². The fourth-order valence-corrected chi connectivity index (χ4v) is 3.75. The monoisotopic (exact) mass is 419 g/mol. The molecule has 1 N–H and O–H groups in total. The highest BCUT2D eigenvalue weighted by Gasteiger charge is 2.23. The predicted octanol–water partition coefficient (Wildman–Crippen LogP) is 2.70. The van der Waals surface area contributed by atoms with Crippen LogP contribution in [-0.4, -0.2) is 18.3 Å². The number of nitro groups is 1. The molecule has 1 aromatic heterocycles. The number of sulfonamides is 1. The number of benzene rings is 1. The predicted molar refractivity (Wildman–Crippen MR) is 85.6 cm³/mol. The Hall–Kier alpha value is -1.75. The maximum absolute atomic E-state index is 12.4. The topological polar surface area (TPSA) is 102 Å². The quantitative estimate of drug-likeness (QED) is 0.467. The van der Waals surface area contributed by atoms with E-state index < -0.39 is 14.9 Å². The van der Waals surface area contributed by atoms with Crippen LogP contribution in [0.1, 0.15) is 5.56 Å². The van der Waals surface area contributed by atoms with Crippen LogP contribution in [0.4, 0.5) is 11.4 Å². The summed E-state index contributed by atoms with van der Waals surface area (Å²) in [5.41, 5.74) is 0.234. The molecule has 21 heavy (non-hydrogen) atoms. The van der Waals surface area contributed by atoms with Gasteiger partial charge in [0.2, 0.25) is 0 Å². The molecule has 0 aliphatic carbocycles. The normalized spacial score (nSPS) is 11.1. The van der Waals surface area contributed by atoms with E-state index in [0.29, 0.717) is 9.26 Å². The minimum absolute atomic E-state index is 0.0964. The molecule has 0 amide bonds. The molecule has 1 heterocycles. The van der Waals surface area contributed by atoms with E-state index in [1.807, 2.05) is 22.6 Å². The van der Waals surface area contributed by atoms with Crippen LogP contribution in [0.25, 0.3) is 0 Å². The summed E-state index contributed by atoms with van der Waals surface area (Å²) in [6.45, 7) is 1.41. The lowest BCUT2D eigenvalue weighted by Crippen LogP contribution is -2.15. The smallest absolute Gasteiger partial charge is 0.273 e. The van der Waals surface area contributed by atoms with E-state index in [-0.39, 0.29) is 16.1 Å². The Morgan fingerprint density at radius 2 is 2.05 bits per heavy atom. The van der Waals surface area contributed by atoms with Crippen LogP contribution in [0.5, 0.6) is 0 Å². The van der Waals surface area contributed by atoms with Crippen molar-refractivity contribution in [2.24, 2.45) is 0 Å². The van der Waals surface area contributed by atoms with E-state index in [1.165, 1.54) is 43.6 Å². The zero-order valence-electron chi connectivity index (χ0n) is 10.8. The number of nitrogens with zero attached hydrogens (tertiary/aromatic N) is 2. The molecule has 0 bridgehead atoms. The van der Waals surface area contributed by atoms with E-state index in [0.717, 1.165) is 0 Å². The van der Waals surface area contributed by atoms with Gasteiger partial charge in [0.1, 0.15) is 0 Å². The molecule has 0 saturated carbocycles. The number of aromatic nitrogens is 1. The molecule has 1 aromatic carbocycles. The largest absolute Gasteiger partial charge is 0.278 e. The highest BCUT2D eigenvalue weighted by molar-refractivity contribution is 14.1. The van der Waals surface area contributed by atoms with Gasteiger partial charge in [-0.3, -0.25) is 19.8 Å². The highest BCUT2D eigenvalue weighted by atomic mass is 127. The minimum Gasteiger partial charge on any atom is -0.278 e. The van der Waals surface area contributed by atoms with Crippen molar-refractivity contribution in [1.29, 1.82) is 0 Å². The Kier molecular flexibility index (Phi) is 4.42. The van der Waals surface area contributed by atoms with E-state index in [4.69, 9.17) is 0 Å². The summed E-state index contributed by atoms with van der Waals surface area (Å²) >= 11 is 1.95. The standard InChI is InChI=1S/C12H10IN3O4S/c1-8-11(16(17)18)3-2-4-12(8)21(19,20)15-10-5-6-14-7-9(10)13/h2-7H,1H3,(H,14,15). The second-order valence-electron chi connectivity index (χ2n) is 4.12. The molecule has 0 fully saturated rings. The Balaban J connectivity index is 2.48. The van der Waals surface area contributed by atoms with Gasteiger partial charge in [-0.05, 0) is 41.6 Å². The van der Waals surface area contributed by atoms with Crippen LogP contribution in [0.2, 0.25) is 0 Å². The summed E-state index contributed by atoms with van der Waals surface area (Å²) in [6.07, 6.45) is 2.97. The molecule has 0 spiro atoms. The average molecular weight is 419 g/mol. The number of halogens is 1.